The smallest absolute Gasteiger partial charge is 0.161 e. The van der Waals surface area contributed by atoms with Crippen LogP contribution in [0.3, 0.4) is 0 Å². The van der Waals surface area contributed by atoms with Gasteiger partial charge in [-0.25, -0.2) is 0 Å². The Bertz CT molecular complexity index is 414. The predicted octanol–water partition coefficient (Wildman–Crippen LogP) is 4.10. The first-order valence-corrected chi connectivity index (χ1v) is 9.12. The van der Waals surface area contributed by atoms with E-state index in [1.54, 1.807) is 0 Å². The van der Waals surface area contributed by atoms with Crippen LogP contribution in [0.1, 0.15) is 32.6 Å². The van der Waals surface area contributed by atoms with E-state index in [-0.39, 0.29) is 0 Å². The van der Waals surface area contributed by atoms with Gasteiger partial charge in [-0.3, -0.25) is 4.90 Å². The molecule has 0 spiro atoms. The summed E-state index contributed by atoms with van der Waals surface area (Å²) >= 11 is 3.65. The van der Waals surface area contributed by atoms with Gasteiger partial charge in [-0.05, 0) is 38.4 Å². The Morgan fingerprint density at radius 2 is 1.90 bits per heavy atom. The molecule has 1 fully saturated rings. The molecule has 0 aromatic heterocycles. The maximum absolute atomic E-state index is 5.94. The highest BCUT2D eigenvalue weighted by atomic mass is 79.9. The van der Waals surface area contributed by atoms with E-state index in [0.717, 1.165) is 23.4 Å². The van der Waals surface area contributed by atoms with Crippen molar-refractivity contribution in [3.05, 3.63) is 24.3 Å². The van der Waals surface area contributed by atoms with E-state index in [1.807, 2.05) is 31.2 Å². The SMILES string of the molecule is CCOc1ccccc1OCCN1CCCCCC1CBr. The topological polar surface area (TPSA) is 21.7 Å². The Labute approximate surface area is 136 Å². The van der Waals surface area contributed by atoms with Crippen molar-refractivity contribution < 1.29 is 9.47 Å². The van der Waals surface area contributed by atoms with Crippen molar-refractivity contribution in [2.45, 2.75) is 38.6 Å². The molecule has 0 radical (unpaired) electrons. The zero-order valence-electron chi connectivity index (χ0n) is 12.9. The molecule has 0 amide bonds. The molecule has 118 valence electrons. The molecule has 21 heavy (non-hydrogen) atoms. The number of halogens is 1. The summed E-state index contributed by atoms with van der Waals surface area (Å²) < 4.78 is 11.5. The Hall–Kier alpha value is -0.740. The summed E-state index contributed by atoms with van der Waals surface area (Å²) in [5.74, 6) is 1.69. The minimum absolute atomic E-state index is 0.651. The van der Waals surface area contributed by atoms with Crippen molar-refractivity contribution in [3.8, 4) is 11.5 Å². The highest BCUT2D eigenvalue weighted by Gasteiger charge is 2.19. The van der Waals surface area contributed by atoms with Crippen molar-refractivity contribution in [1.29, 1.82) is 0 Å². The molecule has 0 bridgehead atoms. The molecule has 0 saturated carbocycles. The second-order valence-electron chi connectivity index (χ2n) is 5.42. The molecule has 1 heterocycles. The lowest BCUT2D eigenvalue weighted by Crippen LogP contribution is -2.38. The summed E-state index contributed by atoms with van der Waals surface area (Å²) in [5.41, 5.74) is 0. The van der Waals surface area contributed by atoms with Gasteiger partial charge in [-0.1, -0.05) is 40.9 Å². The summed E-state index contributed by atoms with van der Waals surface area (Å²) in [6, 6.07) is 8.57. The number of hydrogen-bond donors (Lipinski definition) is 0. The fourth-order valence-corrected chi connectivity index (χ4v) is 3.56. The number of alkyl halides is 1. The zero-order chi connectivity index (χ0) is 14.9. The van der Waals surface area contributed by atoms with E-state index in [2.05, 4.69) is 20.8 Å². The van der Waals surface area contributed by atoms with Gasteiger partial charge in [0.05, 0.1) is 6.61 Å². The molecule has 2 rings (SSSR count). The highest BCUT2D eigenvalue weighted by Crippen LogP contribution is 2.26. The lowest BCUT2D eigenvalue weighted by molar-refractivity contribution is 0.170. The standard InChI is InChI=1S/C17H26BrNO2/c1-2-20-16-9-5-6-10-17(16)21-13-12-19-11-7-3-4-8-15(19)14-18/h5-6,9-10,15H,2-4,7-8,11-14H2,1H3. The lowest BCUT2D eigenvalue weighted by atomic mass is 10.1. The first-order chi connectivity index (χ1) is 10.3. The van der Waals surface area contributed by atoms with Crippen molar-refractivity contribution in [2.75, 3.05) is 31.6 Å². The van der Waals surface area contributed by atoms with Gasteiger partial charge in [0.25, 0.3) is 0 Å². The summed E-state index contributed by atoms with van der Waals surface area (Å²) in [7, 11) is 0. The first kappa shape index (κ1) is 16.6. The molecule has 1 aliphatic rings. The molecule has 4 heteroatoms. The van der Waals surface area contributed by atoms with Gasteiger partial charge in [0.1, 0.15) is 6.61 Å². The van der Waals surface area contributed by atoms with Crippen molar-refractivity contribution in [2.24, 2.45) is 0 Å². The third-order valence-electron chi connectivity index (χ3n) is 3.96. The predicted molar refractivity (Wildman–Crippen MR) is 90.7 cm³/mol. The fraction of sp³-hybridized carbons (Fsp3) is 0.647. The van der Waals surface area contributed by atoms with Crippen LogP contribution in [0.15, 0.2) is 24.3 Å². The van der Waals surface area contributed by atoms with Gasteiger partial charge in [-0.15, -0.1) is 0 Å². The molecule has 1 saturated heterocycles. The Balaban J connectivity index is 1.85. The van der Waals surface area contributed by atoms with E-state index in [1.165, 1.54) is 32.2 Å². The maximum atomic E-state index is 5.94. The number of ether oxygens (including phenoxy) is 2. The third-order valence-corrected chi connectivity index (χ3v) is 4.71. The summed E-state index contributed by atoms with van der Waals surface area (Å²) in [6.07, 6.45) is 5.30. The van der Waals surface area contributed by atoms with Crippen LogP contribution in [0.25, 0.3) is 0 Å². The molecule has 0 aliphatic carbocycles. The lowest BCUT2D eigenvalue weighted by Gasteiger charge is -2.28. The monoisotopic (exact) mass is 355 g/mol. The molecular weight excluding hydrogens is 330 g/mol. The molecule has 0 N–H and O–H groups in total. The van der Waals surface area contributed by atoms with Crippen molar-refractivity contribution in [3.63, 3.8) is 0 Å². The van der Waals surface area contributed by atoms with Crippen LogP contribution in [0.4, 0.5) is 0 Å². The van der Waals surface area contributed by atoms with Crippen LogP contribution in [0, 0.1) is 0 Å². The van der Waals surface area contributed by atoms with E-state index in [9.17, 15) is 0 Å². The number of rotatable bonds is 7. The number of benzene rings is 1. The molecule has 1 unspecified atom stereocenters. The van der Waals surface area contributed by atoms with E-state index in [4.69, 9.17) is 9.47 Å². The van der Waals surface area contributed by atoms with Gasteiger partial charge >= 0.3 is 0 Å². The number of nitrogens with zero attached hydrogens (tertiary/aromatic N) is 1. The third kappa shape index (κ3) is 5.19. The van der Waals surface area contributed by atoms with Crippen LogP contribution in [-0.2, 0) is 0 Å². The normalized spacial score (nSPS) is 20.0. The summed E-state index contributed by atoms with van der Waals surface area (Å²) in [4.78, 5) is 2.56. The van der Waals surface area contributed by atoms with Gasteiger partial charge in [0.2, 0.25) is 0 Å². The summed E-state index contributed by atoms with van der Waals surface area (Å²) in [6.45, 7) is 5.55. The molecular formula is C17H26BrNO2. The second kappa shape index (κ2) is 9.31. The molecule has 1 aliphatic heterocycles. The largest absolute Gasteiger partial charge is 0.490 e. The van der Waals surface area contributed by atoms with Crippen LogP contribution in [-0.4, -0.2) is 42.6 Å². The maximum Gasteiger partial charge on any atom is 0.161 e. The average molecular weight is 356 g/mol. The highest BCUT2D eigenvalue weighted by molar-refractivity contribution is 9.09. The van der Waals surface area contributed by atoms with Crippen LogP contribution < -0.4 is 9.47 Å². The minimum atomic E-state index is 0.651. The van der Waals surface area contributed by atoms with E-state index < -0.39 is 0 Å². The average Bonchev–Trinajstić information content (AvgIpc) is 2.74. The van der Waals surface area contributed by atoms with Crippen LogP contribution >= 0.6 is 15.9 Å². The fourth-order valence-electron chi connectivity index (χ4n) is 2.82. The van der Waals surface area contributed by atoms with Crippen molar-refractivity contribution in [1.82, 2.24) is 4.90 Å². The number of likely N-dealkylation sites (tertiary alicyclic amines) is 1. The molecule has 3 nitrogen and oxygen atoms in total. The van der Waals surface area contributed by atoms with E-state index in [0.29, 0.717) is 19.3 Å². The molecule has 1 aromatic rings. The summed E-state index contributed by atoms with van der Waals surface area (Å²) in [5, 5.41) is 1.06. The number of hydrogen-bond acceptors (Lipinski definition) is 3. The van der Waals surface area contributed by atoms with E-state index >= 15 is 0 Å². The van der Waals surface area contributed by atoms with Gasteiger partial charge in [-0.2, -0.15) is 0 Å². The molecule has 1 aromatic carbocycles. The quantitative estimate of drug-likeness (QED) is 0.687. The Morgan fingerprint density at radius 3 is 2.62 bits per heavy atom. The zero-order valence-corrected chi connectivity index (χ0v) is 14.5. The number of para-hydroxylation sites is 2. The Morgan fingerprint density at radius 1 is 1.14 bits per heavy atom. The van der Waals surface area contributed by atoms with Crippen molar-refractivity contribution >= 4 is 15.9 Å². The molecule has 1 atom stereocenters. The van der Waals surface area contributed by atoms with Gasteiger partial charge < -0.3 is 9.47 Å². The first-order valence-electron chi connectivity index (χ1n) is 7.99. The minimum Gasteiger partial charge on any atom is -0.490 e. The van der Waals surface area contributed by atoms with Crippen LogP contribution in [0.2, 0.25) is 0 Å². The van der Waals surface area contributed by atoms with Gasteiger partial charge in [0.15, 0.2) is 11.5 Å². The van der Waals surface area contributed by atoms with Gasteiger partial charge in [0, 0.05) is 17.9 Å². The second-order valence-corrected chi connectivity index (χ2v) is 6.07. The van der Waals surface area contributed by atoms with Crippen LogP contribution in [0.5, 0.6) is 11.5 Å². The Kier molecular flexibility index (Phi) is 7.37.